The largest absolute Gasteiger partial charge is 0.481 e. The zero-order chi connectivity index (χ0) is 6.91. The smallest absolute Gasteiger partial charge is 0.309 e. The first-order valence-corrected chi connectivity index (χ1v) is 3.38. The summed E-state index contributed by atoms with van der Waals surface area (Å²) < 4.78 is 0. The molecule has 0 amide bonds. The van der Waals surface area contributed by atoms with Gasteiger partial charge in [0.2, 0.25) is 0 Å². The molecule has 0 unspecified atom stereocenters. The van der Waals surface area contributed by atoms with E-state index in [-0.39, 0.29) is 32.7 Å². The third-order valence-electron chi connectivity index (χ3n) is 2.22. The van der Waals surface area contributed by atoms with E-state index in [9.17, 15) is 4.79 Å². The first kappa shape index (κ1) is 10.4. The minimum atomic E-state index is -0.625. The molecule has 1 saturated carbocycles. The number of carbonyl (C=O) groups is 1. The SMILES string of the molecule is CC1(C(=O)O)CCCC1.[Tl]. The van der Waals surface area contributed by atoms with Crippen LogP contribution < -0.4 is 0 Å². The Hall–Kier alpha value is 0.392. The zero-order valence-electron chi connectivity index (χ0n) is 6.26. The molecule has 0 saturated heterocycles. The Balaban J connectivity index is 0.000000810. The Morgan fingerprint density at radius 2 is 1.80 bits per heavy atom. The van der Waals surface area contributed by atoms with Crippen molar-refractivity contribution in [2.75, 3.05) is 0 Å². The first-order valence-electron chi connectivity index (χ1n) is 3.38. The number of hydrogen-bond acceptors (Lipinski definition) is 1. The first-order chi connectivity index (χ1) is 4.15. The molecular weight excluding hydrogens is 320 g/mol. The fourth-order valence-electron chi connectivity index (χ4n) is 1.37. The second-order valence-corrected chi connectivity index (χ2v) is 3.07. The number of hydrogen-bond donors (Lipinski definition) is 1. The molecule has 0 spiro atoms. The van der Waals surface area contributed by atoms with E-state index in [2.05, 4.69) is 0 Å². The summed E-state index contributed by atoms with van der Waals surface area (Å²) >= 11 is 0. The number of aliphatic carboxylic acids is 1. The van der Waals surface area contributed by atoms with Gasteiger partial charge in [-0.2, -0.15) is 0 Å². The van der Waals surface area contributed by atoms with Crippen molar-refractivity contribution in [3.05, 3.63) is 0 Å². The maximum atomic E-state index is 10.5. The number of rotatable bonds is 1. The van der Waals surface area contributed by atoms with Crippen molar-refractivity contribution in [3.8, 4) is 0 Å². The van der Waals surface area contributed by atoms with Crippen molar-refractivity contribution in [1.29, 1.82) is 0 Å². The molecule has 1 aliphatic rings. The third kappa shape index (κ3) is 1.94. The minimum Gasteiger partial charge on any atom is -0.481 e. The molecule has 0 atom stereocenters. The fraction of sp³-hybridized carbons (Fsp3) is 0.857. The van der Waals surface area contributed by atoms with Gasteiger partial charge in [0.05, 0.1) is 5.41 Å². The molecule has 1 aliphatic carbocycles. The normalized spacial score (nSPS) is 21.7. The van der Waals surface area contributed by atoms with Crippen molar-refractivity contribution in [2.24, 2.45) is 5.41 Å². The van der Waals surface area contributed by atoms with Gasteiger partial charge in [-0.3, -0.25) is 4.79 Å². The summed E-state index contributed by atoms with van der Waals surface area (Å²) in [6, 6.07) is 0. The van der Waals surface area contributed by atoms with Gasteiger partial charge in [0.25, 0.3) is 0 Å². The van der Waals surface area contributed by atoms with Crippen LogP contribution in [0.15, 0.2) is 0 Å². The van der Waals surface area contributed by atoms with E-state index in [1.807, 2.05) is 6.92 Å². The Morgan fingerprint density at radius 1 is 1.40 bits per heavy atom. The Morgan fingerprint density at radius 3 is 2.00 bits per heavy atom. The molecule has 10 heavy (non-hydrogen) atoms. The molecular formula is C7H12O2Tl. The van der Waals surface area contributed by atoms with Crippen LogP contribution in [0.3, 0.4) is 0 Å². The summed E-state index contributed by atoms with van der Waals surface area (Å²) in [6.07, 6.45) is 3.90. The maximum absolute atomic E-state index is 10.5. The van der Waals surface area contributed by atoms with Crippen LogP contribution in [0.2, 0.25) is 0 Å². The van der Waals surface area contributed by atoms with Crippen molar-refractivity contribution in [2.45, 2.75) is 32.6 Å². The van der Waals surface area contributed by atoms with Crippen molar-refractivity contribution in [1.82, 2.24) is 0 Å². The van der Waals surface area contributed by atoms with E-state index < -0.39 is 5.97 Å². The molecule has 1 N–H and O–H groups in total. The van der Waals surface area contributed by atoms with E-state index in [0.717, 1.165) is 25.7 Å². The second-order valence-electron chi connectivity index (χ2n) is 3.07. The number of carboxylic acids is 1. The molecule has 55 valence electrons. The standard InChI is InChI=1S/C7H12O2.Tl/c1-7(6(8)9)4-2-3-5-7;/h2-5H2,1H3,(H,8,9);. The molecule has 0 bridgehead atoms. The summed E-state index contributed by atoms with van der Waals surface area (Å²) in [5.74, 6) is -0.625. The van der Waals surface area contributed by atoms with Crippen molar-refractivity contribution < 1.29 is 9.90 Å². The monoisotopic (exact) mass is 333 g/mol. The molecule has 2 nitrogen and oxygen atoms in total. The predicted octanol–water partition coefficient (Wildman–Crippen LogP) is 1.27. The van der Waals surface area contributed by atoms with Crippen molar-refractivity contribution in [3.63, 3.8) is 0 Å². The molecule has 3 heteroatoms. The summed E-state index contributed by atoms with van der Waals surface area (Å²) in [4.78, 5) is 10.5. The molecule has 1 fully saturated rings. The summed E-state index contributed by atoms with van der Waals surface area (Å²) in [7, 11) is 0. The van der Waals surface area contributed by atoms with Gasteiger partial charge in [-0.25, -0.2) is 0 Å². The van der Waals surface area contributed by atoms with Crippen LogP contribution in [0.25, 0.3) is 0 Å². The van der Waals surface area contributed by atoms with Gasteiger partial charge in [0, 0.05) is 27.3 Å². The predicted molar refractivity (Wildman–Crippen MR) is 40.0 cm³/mol. The van der Waals surface area contributed by atoms with E-state index in [1.54, 1.807) is 0 Å². The molecule has 0 heterocycles. The molecule has 0 aromatic carbocycles. The van der Waals surface area contributed by atoms with Crippen molar-refractivity contribution >= 4 is 33.3 Å². The van der Waals surface area contributed by atoms with Crippen LogP contribution in [0.5, 0.6) is 0 Å². The molecule has 0 aromatic heterocycles. The zero-order valence-corrected chi connectivity index (χ0v) is 10.8. The Labute approximate surface area is 81.2 Å². The fourth-order valence-corrected chi connectivity index (χ4v) is 1.37. The molecule has 0 aliphatic heterocycles. The second kappa shape index (κ2) is 3.69. The van der Waals surface area contributed by atoms with Gasteiger partial charge in [-0.1, -0.05) is 12.8 Å². The molecule has 1 radical (unpaired) electrons. The number of carboxylic acid groups (broad SMARTS) is 1. The average molecular weight is 333 g/mol. The van der Waals surface area contributed by atoms with E-state index in [1.165, 1.54) is 0 Å². The van der Waals surface area contributed by atoms with Crippen LogP contribution in [-0.2, 0) is 4.79 Å². The van der Waals surface area contributed by atoms with Gasteiger partial charge >= 0.3 is 5.97 Å². The Bertz CT molecular complexity index is 128. The van der Waals surface area contributed by atoms with Gasteiger partial charge in [-0.15, -0.1) is 0 Å². The summed E-state index contributed by atoms with van der Waals surface area (Å²) in [6.45, 7) is 1.84. The van der Waals surface area contributed by atoms with Gasteiger partial charge < -0.3 is 5.11 Å². The Kier molecular flexibility index (Phi) is 3.83. The van der Waals surface area contributed by atoms with Crippen LogP contribution in [0.4, 0.5) is 0 Å². The van der Waals surface area contributed by atoms with Gasteiger partial charge in [0.1, 0.15) is 0 Å². The van der Waals surface area contributed by atoms with Gasteiger partial charge in [0.15, 0.2) is 0 Å². The quantitative estimate of drug-likeness (QED) is 0.734. The maximum Gasteiger partial charge on any atom is 0.309 e. The van der Waals surface area contributed by atoms with Crippen LogP contribution in [0, 0.1) is 5.41 Å². The molecule has 0 aromatic rings. The summed E-state index contributed by atoms with van der Waals surface area (Å²) in [5, 5.41) is 8.67. The topological polar surface area (TPSA) is 37.3 Å². The third-order valence-corrected chi connectivity index (χ3v) is 2.22. The molecule has 1 rings (SSSR count). The minimum absolute atomic E-state index is 0. The van der Waals surface area contributed by atoms with Crippen LogP contribution in [-0.4, -0.2) is 38.4 Å². The van der Waals surface area contributed by atoms with E-state index in [0.29, 0.717) is 0 Å². The van der Waals surface area contributed by atoms with E-state index in [4.69, 9.17) is 5.11 Å². The van der Waals surface area contributed by atoms with Crippen LogP contribution in [0.1, 0.15) is 32.6 Å². The van der Waals surface area contributed by atoms with E-state index >= 15 is 0 Å². The van der Waals surface area contributed by atoms with Crippen LogP contribution >= 0.6 is 0 Å². The summed E-state index contributed by atoms with van der Waals surface area (Å²) in [5.41, 5.74) is -0.389. The van der Waals surface area contributed by atoms with Gasteiger partial charge in [-0.05, 0) is 19.8 Å². The average Bonchev–Trinajstić information content (AvgIpc) is 2.16.